The molecule has 1 N–H and O–H groups in total. The first-order valence-corrected chi connectivity index (χ1v) is 8.97. The number of rotatable bonds is 7. The SMILES string of the molecule is COc1ccc(CSCC(=O)N2CCC[C@H](C(=O)O)C2)cc1[N+](=O)[O-]. The number of carboxylic acid groups (broad SMARTS) is 1. The second kappa shape index (κ2) is 8.70. The van der Waals surface area contributed by atoms with Crippen LogP contribution in [0.15, 0.2) is 18.2 Å². The molecule has 0 aliphatic carbocycles. The van der Waals surface area contributed by atoms with Crippen molar-refractivity contribution in [3.8, 4) is 5.75 Å². The summed E-state index contributed by atoms with van der Waals surface area (Å²) in [5.41, 5.74) is 0.625. The molecular weight excluding hydrogens is 348 g/mol. The Morgan fingerprint density at radius 1 is 1.48 bits per heavy atom. The molecule has 1 heterocycles. The smallest absolute Gasteiger partial charge is 0.311 e. The number of ether oxygens (including phenoxy) is 1. The van der Waals surface area contributed by atoms with E-state index in [4.69, 9.17) is 9.84 Å². The Morgan fingerprint density at radius 2 is 2.24 bits per heavy atom. The third-order valence-electron chi connectivity index (χ3n) is 4.06. The Balaban J connectivity index is 1.88. The Labute approximate surface area is 149 Å². The average molecular weight is 368 g/mol. The summed E-state index contributed by atoms with van der Waals surface area (Å²) in [5.74, 6) is -0.594. The van der Waals surface area contributed by atoms with Crippen molar-refractivity contribution in [3.05, 3.63) is 33.9 Å². The number of hydrogen-bond acceptors (Lipinski definition) is 6. The van der Waals surface area contributed by atoms with Crippen LogP contribution in [0.2, 0.25) is 0 Å². The number of carboxylic acids is 1. The highest BCUT2D eigenvalue weighted by Crippen LogP contribution is 2.29. The van der Waals surface area contributed by atoms with Crippen LogP contribution in [0.1, 0.15) is 18.4 Å². The fraction of sp³-hybridized carbons (Fsp3) is 0.500. The first kappa shape index (κ1) is 19.0. The lowest BCUT2D eigenvalue weighted by atomic mass is 9.98. The Bertz CT molecular complexity index is 666. The molecule has 1 aromatic carbocycles. The van der Waals surface area contributed by atoms with E-state index in [0.29, 0.717) is 25.1 Å². The third-order valence-corrected chi connectivity index (χ3v) is 5.05. The maximum Gasteiger partial charge on any atom is 0.311 e. The fourth-order valence-corrected chi connectivity index (χ4v) is 3.60. The van der Waals surface area contributed by atoms with E-state index in [1.807, 2.05) is 0 Å². The molecule has 0 saturated carbocycles. The molecule has 1 aromatic rings. The van der Waals surface area contributed by atoms with E-state index in [9.17, 15) is 19.7 Å². The normalized spacial score (nSPS) is 17.2. The van der Waals surface area contributed by atoms with E-state index in [2.05, 4.69) is 0 Å². The molecule has 136 valence electrons. The lowest BCUT2D eigenvalue weighted by molar-refractivity contribution is -0.385. The maximum atomic E-state index is 12.2. The minimum absolute atomic E-state index is 0.0982. The number of methoxy groups -OCH3 is 1. The molecule has 0 spiro atoms. The summed E-state index contributed by atoms with van der Waals surface area (Å²) in [6.07, 6.45) is 1.29. The number of carbonyl (C=O) groups excluding carboxylic acids is 1. The van der Waals surface area contributed by atoms with Crippen molar-refractivity contribution in [2.45, 2.75) is 18.6 Å². The minimum atomic E-state index is -0.865. The number of nitro groups is 1. The summed E-state index contributed by atoms with van der Waals surface area (Å²) in [5, 5.41) is 20.1. The molecule has 1 fully saturated rings. The van der Waals surface area contributed by atoms with Crippen LogP contribution >= 0.6 is 11.8 Å². The van der Waals surface area contributed by atoms with Gasteiger partial charge in [0.05, 0.1) is 23.7 Å². The van der Waals surface area contributed by atoms with Gasteiger partial charge in [-0.25, -0.2) is 0 Å². The summed E-state index contributed by atoms with van der Waals surface area (Å²) in [7, 11) is 1.37. The molecule has 25 heavy (non-hydrogen) atoms. The molecule has 2 rings (SSSR count). The van der Waals surface area contributed by atoms with Gasteiger partial charge < -0.3 is 14.7 Å². The van der Waals surface area contributed by atoms with E-state index in [1.54, 1.807) is 11.0 Å². The van der Waals surface area contributed by atoms with Crippen LogP contribution in [0.25, 0.3) is 0 Å². The third kappa shape index (κ3) is 5.09. The van der Waals surface area contributed by atoms with E-state index in [0.717, 1.165) is 5.56 Å². The summed E-state index contributed by atoms with van der Waals surface area (Å²) in [6.45, 7) is 0.833. The van der Waals surface area contributed by atoms with Gasteiger partial charge in [0.25, 0.3) is 0 Å². The number of likely N-dealkylation sites (tertiary alicyclic amines) is 1. The molecule has 1 atom stereocenters. The molecule has 0 radical (unpaired) electrons. The van der Waals surface area contributed by atoms with Crippen LogP contribution in [0, 0.1) is 16.0 Å². The van der Waals surface area contributed by atoms with Gasteiger partial charge in [-0.2, -0.15) is 0 Å². The van der Waals surface area contributed by atoms with E-state index >= 15 is 0 Å². The fourth-order valence-electron chi connectivity index (χ4n) is 2.72. The first-order valence-electron chi connectivity index (χ1n) is 7.82. The standard InChI is InChI=1S/C16H20N2O6S/c1-24-14-5-4-11(7-13(14)18(22)23)9-25-10-15(19)17-6-2-3-12(8-17)16(20)21/h4-5,7,12H,2-3,6,8-10H2,1H3,(H,20,21)/t12-/m0/s1. The number of aliphatic carboxylic acids is 1. The highest BCUT2D eigenvalue weighted by atomic mass is 32.2. The molecule has 1 aliphatic heterocycles. The van der Waals surface area contributed by atoms with Gasteiger partial charge in [-0.1, -0.05) is 6.07 Å². The van der Waals surface area contributed by atoms with E-state index in [1.165, 1.54) is 31.0 Å². The van der Waals surface area contributed by atoms with E-state index < -0.39 is 16.8 Å². The monoisotopic (exact) mass is 368 g/mol. The Hall–Kier alpha value is -2.29. The second-order valence-corrected chi connectivity index (χ2v) is 6.76. The molecule has 1 amide bonds. The number of nitro benzene ring substituents is 1. The van der Waals surface area contributed by atoms with Crippen molar-refractivity contribution < 1.29 is 24.4 Å². The zero-order valence-corrected chi connectivity index (χ0v) is 14.7. The highest BCUT2D eigenvalue weighted by molar-refractivity contribution is 7.99. The van der Waals surface area contributed by atoms with Gasteiger partial charge in [0.2, 0.25) is 5.91 Å². The van der Waals surface area contributed by atoms with Crippen LogP contribution in [-0.2, 0) is 15.3 Å². The first-order chi connectivity index (χ1) is 11.9. The number of thioether (sulfide) groups is 1. The topological polar surface area (TPSA) is 110 Å². The quantitative estimate of drug-likeness (QED) is 0.580. The Morgan fingerprint density at radius 3 is 2.88 bits per heavy atom. The Kier molecular flexibility index (Phi) is 6.63. The van der Waals surface area contributed by atoms with Crippen LogP contribution in [0.5, 0.6) is 5.75 Å². The highest BCUT2D eigenvalue weighted by Gasteiger charge is 2.27. The number of nitrogens with zero attached hydrogens (tertiary/aromatic N) is 2. The summed E-state index contributed by atoms with van der Waals surface area (Å²) < 4.78 is 4.96. The van der Waals surface area contributed by atoms with Gasteiger partial charge in [-0.15, -0.1) is 11.8 Å². The second-order valence-electron chi connectivity index (χ2n) is 5.77. The van der Waals surface area contributed by atoms with Crippen LogP contribution in [0.4, 0.5) is 5.69 Å². The molecule has 0 unspecified atom stereocenters. The van der Waals surface area contributed by atoms with Crippen molar-refractivity contribution in [2.75, 3.05) is 26.0 Å². The zero-order valence-electron chi connectivity index (χ0n) is 13.8. The number of hydrogen-bond donors (Lipinski definition) is 1. The predicted molar refractivity (Wildman–Crippen MR) is 92.8 cm³/mol. The largest absolute Gasteiger partial charge is 0.490 e. The molecule has 1 saturated heterocycles. The lowest BCUT2D eigenvalue weighted by Crippen LogP contribution is -2.43. The van der Waals surface area contributed by atoms with Gasteiger partial charge in [0.1, 0.15) is 0 Å². The minimum Gasteiger partial charge on any atom is -0.490 e. The van der Waals surface area contributed by atoms with Crippen molar-refractivity contribution in [3.63, 3.8) is 0 Å². The molecule has 9 heteroatoms. The van der Waals surface area contributed by atoms with Gasteiger partial charge in [0.15, 0.2) is 5.75 Å². The van der Waals surface area contributed by atoms with Crippen LogP contribution in [-0.4, -0.2) is 52.8 Å². The predicted octanol–water partition coefficient (Wildman–Crippen LogP) is 2.16. The summed E-state index contributed by atoms with van der Waals surface area (Å²) in [6, 6.07) is 4.71. The number of carbonyl (C=O) groups is 2. The number of benzene rings is 1. The van der Waals surface area contributed by atoms with Crippen molar-refractivity contribution in [2.24, 2.45) is 5.92 Å². The lowest BCUT2D eigenvalue weighted by Gasteiger charge is -2.30. The number of piperidine rings is 1. The van der Waals surface area contributed by atoms with Gasteiger partial charge in [-0.05, 0) is 24.5 Å². The van der Waals surface area contributed by atoms with Crippen molar-refractivity contribution in [1.29, 1.82) is 0 Å². The summed E-state index contributed by atoms with van der Waals surface area (Å²) >= 11 is 1.35. The molecule has 0 aromatic heterocycles. The van der Waals surface area contributed by atoms with Gasteiger partial charge in [-0.3, -0.25) is 19.7 Å². The molecule has 1 aliphatic rings. The van der Waals surface area contributed by atoms with E-state index in [-0.39, 0.29) is 29.6 Å². The average Bonchev–Trinajstić information content (AvgIpc) is 2.61. The summed E-state index contributed by atoms with van der Waals surface area (Å²) in [4.78, 5) is 35.4. The van der Waals surface area contributed by atoms with Crippen molar-refractivity contribution in [1.82, 2.24) is 4.90 Å². The molecular formula is C16H20N2O6S. The van der Waals surface area contributed by atoms with Crippen LogP contribution < -0.4 is 4.74 Å². The van der Waals surface area contributed by atoms with Crippen LogP contribution in [0.3, 0.4) is 0 Å². The number of amides is 1. The molecule has 0 bridgehead atoms. The van der Waals surface area contributed by atoms with Crippen molar-refractivity contribution >= 4 is 29.3 Å². The van der Waals surface area contributed by atoms with Gasteiger partial charge >= 0.3 is 11.7 Å². The molecule has 8 nitrogen and oxygen atoms in total. The van der Waals surface area contributed by atoms with Gasteiger partial charge in [0, 0.05) is 24.9 Å². The maximum absolute atomic E-state index is 12.2. The zero-order chi connectivity index (χ0) is 18.4.